The van der Waals surface area contributed by atoms with Crippen LogP contribution in [-0.4, -0.2) is 52.4 Å². The van der Waals surface area contributed by atoms with E-state index in [2.05, 4.69) is 4.90 Å². The molecule has 11 heteroatoms. The molecule has 1 amide bonds. The number of piperazine rings is 1. The van der Waals surface area contributed by atoms with E-state index in [1.807, 2.05) is 30.3 Å². The maximum absolute atomic E-state index is 14.5. The van der Waals surface area contributed by atoms with Gasteiger partial charge in [0.25, 0.3) is 11.5 Å². The van der Waals surface area contributed by atoms with Crippen molar-refractivity contribution in [3.63, 3.8) is 0 Å². The molecule has 1 saturated heterocycles. The summed E-state index contributed by atoms with van der Waals surface area (Å²) in [4.78, 5) is 42.6. The number of aromatic nitrogens is 1. The van der Waals surface area contributed by atoms with Gasteiger partial charge in [0.1, 0.15) is 17.4 Å². The highest BCUT2D eigenvalue weighted by atomic mass is 19.2. The maximum Gasteiger partial charge on any atom is 0.294 e. The van der Waals surface area contributed by atoms with Crippen LogP contribution < -0.4 is 10.5 Å². The second-order valence-electron chi connectivity index (χ2n) is 10.3. The lowest BCUT2D eigenvalue weighted by Crippen LogP contribution is -2.50. The molecule has 0 atom stereocenters. The number of para-hydroxylation sites is 1. The van der Waals surface area contributed by atoms with Crippen LogP contribution in [0.4, 0.5) is 23.2 Å². The van der Waals surface area contributed by atoms with Crippen molar-refractivity contribution in [2.24, 2.45) is 0 Å². The molecular formula is C33H27F4N3O4. The number of carbonyl (C=O) groups excluding carboxylic acids is 2. The standard InChI is InChI=1S/C33H27F4N3O4/c34-26-9-5-4-6-22(26)20-40-19-21(16-24-27(35)10-11-28(36)31(24)37)17-25(32(40)43)29(41)18-30(42)33(44)39-14-12-38(13-15-39)23-7-2-1-3-8-23/h1-11,17-19,41H,12-16,20H2/b29-18-. The summed E-state index contributed by atoms with van der Waals surface area (Å²) in [6.45, 7) is 1.14. The van der Waals surface area contributed by atoms with E-state index in [4.69, 9.17) is 0 Å². The predicted molar refractivity (Wildman–Crippen MR) is 156 cm³/mol. The van der Waals surface area contributed by atoms with Crippen LogP contribution in [0.25, 0.3) is 5.76 Å². The molecular weight excluding hydrogens is 578 g/mol. The second-order valence-corrected chi connectivity index (χ2v) is 10.3. The third-order valence-corrected chi connectivity index (χ3v) is 7.40. The minimum absolute atomic E-state index is 0.0510. The monoisotopic (exact) mass is 605 g/mol. The Labute approximate surface area is 249 Å². The number of nitrogens with zero attached hydrogens (tertiary/aromatic N) is 3. The van der Waals surface area contributed by atoms with Crippen molar-refractivity contribution in [1.29, 1.82) is 0 Å². The summed E-state index contributed by atoms with van der Waals surface area (Å²) in [5.74, 6) is -7.18. The number of rotatable bonds is 8. The predicted octanol–water partition coefficient (Wildman–Crippen LogP) is 4.86. The SMILES string of the molecule is O=C(/C=C(\O)c1cc(Cc2c(F)ccc(F)c2F)cn(Cc2ccccc2F)c1=O)C(=O)N1CCN(c2ccccc2)CC1. The summed E-state index contributed by atoms with van der Waals surface area (Å²) in [7, 11) is 0. The Balaban J connectivity index is 1.43. The number of hydrogen-bond acceptors (Lipinski definition) is 5. The molecule has 0 saturated carbocycles. The summed E-state index contributed by atoms with van der Waals surface area (Å²) in [5.41, 5.74) is -0.821. The number of aliphatic hydroxyl groups is 1. The van der Waals surface area contributed by atoms with Gasteiger partial charge in [-0.2, -0.15) is 0 Å². The van der Waals surface area contributed by atoms with Gasteiger partial charge in [-0.15, -0.1) is 0 Å². The molecule has 7 nitrogen and oxygen atoms in total. The number of aliphatic hydroxyl groups excluding tert-OH is 1. The number of ketones is 1. The zero-order valence-electron chi connectivity index (χ0n) is 23.4. The van der Waals surface area contributed by atoms with E-state index in [-0.39, 0.29) is 30.8 Å². The lowest BCUT2D eigenvalue weighted by molar-refractivity contribution is -0.142. The second kappa shape index (κ2) is 13.0. The largest absolute Gasteiger partial charge is 0.507 e. The highest BCUT2D eigenvalue weighted by Gasteiger charge is 2.26. The van der Waals surface area contributed by atoms with Gasteiger partial charge >= 0.3 is 0 Å². The van der Waals surface area contributed by atoms with E-state index in [9.17, 15) is 37.1 Å². The van der Waals surface area contributed by atoms with Crippen molar-refractivity contribution >= 4 is 23.1 Å². The first-order chi connectivity index (χ1) is 21.1. The quantitative estimate of drug-likeness (QED) is 0.102. The number of anilines is 1. The van der Waals surface area contributed by atoms with Gasteiger partial charge in [0.2, 0.25) is 5.78 Å². The number of hydrogen-bond donors (Lipinski definition) is 1. The summed E-state index contributed by atoms with van der Waals surface area (Å²) in [5, 5.41) is 10.9. The van der Waals surface area contributed by atoms with E-state index in [0.29, 0.717) is 25.2 Å². The third-order valence-electron chi connectivity index (χ3n) is 7.40. The first-order valence-corrected chi connectivity index (χ1v) is 13.8. The van der Waals surface area contributed by atoms with Gasteiger partial charge in [0.05, 0.1) is 12.1 Å². The molecule has 3 aromatic carbocycles. The van der Waals surface area contributed by atoms with Gasteiger partial charge in [-0.3, -0.25) is 14.4 Å². The average molecular weight is 606 g/mol. The number of pyridine rings is 1. The van der Waals surface area contributed by atoms with Crippen molar-refractivity contribution in [3.8, 4) is 0 Å². The number of halogens is 4. The van der Waals surface area contributed by atoms with E-state index in [1.54, 1.807) is 6.07 Å². The first kappa shape index (κ1) is 30.3. The zero-order chi connectivity index (χ0) is 31.4. The molecule has 2 heterocycles. The van der Waals surface area contributed by atoms with Crippen molar-refractivity contribution < 1.29 is 32.3 Å². The molecule has 5 rings (SSSR count). The van der Waals surface area contributed by atoms with E-state index < -0.39 is 63.8 Å². The molecule has 1 N–H and O–H groups in total. The van der Waals surface area contributed by atoms with Crippen LogP contribution in [0.15, 0.2) is 89.9 Å². The smallest absolute Gasteiger partial charge is 0.294 e. The fourth-order valence-electron chi connectivity index (χ4n) is 5.07. The zero-order valence-corrected chi connectivity index (χ0v) is 23.4. The number of amides is 1. The molecule has 44 heavy (non-hydrogen) atoms. The minimum atomic E-state index is -1.42. The van der Waals surface area contributed by atoms with Crippen LogP contribution in [0.1, 0.15) is 22.3 Å². The van der Waals surface area contributed by atoms with E-state index in [0.717, 1.165) is 22.4 Å². The van der Waals surface area contributed by atoms with Gasteiger partial charge < -0.3 is 19.5 Å². The Bertz CT molecular complexity index is 1800. The van der Waals surface area contributed by atoms with Crippen molar-refractivity contribution in [1.82, 2.24) is 9.47 Å². The Morgan fingerprint density at radius 3 is 2.18 bits per heavy atom. The fourth-order valence-corrected chi connectivity index (χ4v) is 5.07. The van der Waals surface area contributed by atoms with Gasteiger partial charge in [0, 0.05) is 61.7 Å². The van der Waals surface area contributed by atoms with Crippen molar-refractivity contribution in [3.05, 3.63) is 141 Å². The third kappa shape index (κ3) is 6.56. The van der Waals surface area contributed by atoms with E-state index in [1.165, 1.54) is 29.3 Å². The van der Waals surface area contributed by atoms with Crippen molar-refractivity contribution in [2.75, 3.05) is 31.1 Å². The van der Waals surface area contributed by atoms with Crippen LogP contribution in [-0.2, 0) is 22.6 Å². The van der Waals surface area contributed by atoms with Crippen LogP contribution in [0.3, 0.4) is 0 Å². The molecule has 0 unspecified atom stereocenters. The van der Waals surface area contributed by atoms with Crippen LogP contribution in [0, 0.1) is 23.3 Å². The molecule has 1 aliphatic rings. The Morgan fingerprint density at radius 1 is 0.818 bits per heavy atom. The summed E-state index contributed by atoms with van der Waals surface area (Å²) < 4.78 is 58.2. The molecule has 0 aliphatic carbocycles. The molecule has 4 aromatic rings. The van der Waals surface area contributed by atoms with Crippen LogP contribution in [0.5, 0.6) is 0 Å². The van der Waals surface area contributed by atoms with Gasteiger partial charge in [-0.05, 0) is 42.0 Å². The van der Waals surface area contributed by atoms with Crippen LogP contribution >= 0.6 is 0 Å². The number of carbonyl (C=O) groups is 2. The lowest BCUT2D eigenvalue weighted by Gasteiger charge is -2.35. The molecule has 0 radical (unpaired) electrons. The topological polar surface area (TPSA) is 82.8 Å². The Morgan fingerprint density at radius 2 is 1.48 bits per heavy atom. The number of benzene rings is 3. The molecule has 0 bridgehead atoms. The van der Waals surface area contributed by atoms with Gasteiger partial charge in [-0.25, -0.2) is 17.6 Å². The molecule has 226 valence electrons. The normalized spacial score (nSPS) is 13.7. The summed E-state index contributed by atoms with van der Waals surface area (Å²) in [6.07, 6.45) is 1.28. The fraction of sp³-hybridized carbons (Fsp3) is 0.182. The van der Waals surface area contributed by atoms with Crippen molar-refractivity contribution in [2.45, 2.75) is 13.0 Å². The molecule has 1 aromatic heterocycles. The van der Waals surface area contributed by atoms with Crippen LogP contribution in [0.2, 0.25) is 0 Å². The van der Waals surface area contributed by atoms with Gasteiger partial charge in [-0.1, -0.05) is 36.4 Å². The average Bonchev–Trinajstić information content (AvgIpc) is 3.03. The highest BCUT2D eigenvalue weighted by Crippen LogP contribution is 2.22. The maximum atomic E-state index is 14.5. The summed E-state index contributed by atoms with van der Waals surface area (Å²) in [6, 6.07) is 17.7. The van der Waals surface area contributed by atoms with E-state index >= 15 is 0 Å². The lowest BCUT2D eigenvalue weighted by atomic mass is 10.0. The van der Waals surface area contributed by atoms with Gasteiger partial charge in [0.15, 0.2) is 11.6 Å². The Hall–Kier alpha value is -5.19. The highest BCUT2D eigenvalue weighted by molar-refractivity contribution is 6.41. The Kier molecular flexibility index (Phi) is 8.94. The molecule has 1 fully saturated rings. The minimum Gasteiger partial charge on any atom is -0.507 e. The molecule has 1 aliphatic heterocycles. The first-order valence-electron chi connectivity index (χ1n) is 13.8. The molecule has 0 spiro atoms. The summed E-state index contributed by atoms with van der Waals surface area (Å²) >= 11 is 0.